The molecule has 128 valence electrons. The van der Waals surface area contributed by atoms with E-state index in [0.717, 1.165) is 11.3 Å². The molecule has 0 spiro atoms. The molecule has 0 unspecified atom stereocenters. The van der Waals surface area contributed by atoms with Crippen LogP contribution in [0.25, 0.3) is 0 Å². The molecule has 0 aliphatic heterocycles. The third-order valence-electron chi connectivity index (χ3n) is 3.28. The summed E-state index contributed by atoms with van der Waals surface area (Å²) < 4.78 is 9.99. The third kappa shape index (κ3) is 4.45. The number of hydrogen-bond donors (Lipinski definition) is 1. The molecule has 0 radical (unpaired) electrons. The first-order chi connectivity index (χ1) is 11.4. The molecule has 8 heteroatoms. The number of nitrogens with zero attached hydrogens (tertiary/aromatic N) is 1. The predicted octanol–water partition coefficient (Wildman–Crippen LogP) is 2.62. The zero-order chi connectivity index (χ0) is 17.7. The van der Waals surface area contributed by atoms with E-state index < -0.39 is 11.9 Å². The highest BCUT2D eigenvalue weighted by Crippen LogP contribution is 2.23. The first kappa shape index (κ1) is 17.7. The van der Waals surface area contributed by atoms with Gasteiger partial charge in [-0.05, 0) is 38.1 Å². The molecule has 2 aromatic rings. The molecule has 2 amide bonds. The highest BCUT2D eigenvalue weighted by molar-refractivity contribution is 7.18. The number of furan rings is 1. The van der Waals surface area contributed by atoms with Crippen LogP contribution in [0.3, 0.4) is 0 Å². The number of nitrogens with one attached hydrogen (secondary N) is 1. The van der Waals surface area contributed by atoms with Crippen LogP contribution in [0.5, 0.6) is 0 Å². The summed E-state index contributed by atoms with van der Waals surface area (Å²) in [4.78, 5) is 37.4. The highest BCUT2D eigenvalue weighted by Gasteiger charge is 2.17. The van der Waals surface area contributed by atoms with Crippen LogP contribution in [0.2, 0.25) is 0 Å². The molecule has 2 aromatic heterocycles. The Morgan fingerprint density at radius 2 is 2.04 bits per heavy atom. The van der Waals surface area contributed by atoms with Crippen LogP contribution < -0.4 is 5.32 Å². The highest BCUT2D eigenvalue weighted by atomic mass is 32.1. The van der Waals surface area contributed by atoms with Gasteiger partial charge in [0.15, 0.2) is 12.4 Å². The Bertz CT molecular complexity index is 721. The van der Waals surface area contributed by atoms with Gasteiger partial charge < -0.3 is 19.4 Å². The lowest BCUT2D eigenvalue weighted by Crippen LogP contribution is -2.36. The molecule has 0 saturated heterocycles. The van der Waals surface area contributed by atoms with Crippen molar-refractivity contribution in [1.82, 2.24) is 4.90 Å². The molecule has 7 nitrogen and oxygen atoms in total. The van der Waals surface area contributed by atoms with Gasteiger partial charge >= 0.3 is 5.97 Å². The van der Waals surface area contributed by atoms with Gasteiger partial charge in [-0.1, -0.05) is 0 Å². The second-order valence-electron chi connectivity index (χ2n) is 5.27. The maximum absolute atomic E-state index is 12.0. The molecule has 2 rings (SSSR count). The summed E-state index contributed by atoms with van der Waals surface area (Å²) in [5, 5.41) is 3.10. The van der Waals surface area contributed by atoms with Crippen molar-refractivity contribution < 1.29 is 23.5 Å². The Labute approximate surface area is 143 Å². The maximum atomic E-state index is 12.0. The summed E-state index contributed by atoms with van der Waals surface area (Å²) in [6, 6.07) is 6.29. The van der Waals surface area contributed by atoms with Crippen LogP contribution in [0, 0.1) is 0 Å². The molecular formula is C16H18N2O5S. The molecular weight excluding hydrogens is 332 g/mol. The van der Waals surface area contributed by atoms with E-state index in [1.807, 2.05) is 13.8 Å². The van der Waals surface area contributed by atoms with Crippen molar-refractivity contribution in [1.29, 1.82) is 0 Å². The summed E-state index contributed by atoms with van der Waals surface area (Å²) in [5.74, 6) is -1.12. The topological polar surface area (TPSA) is 88.9 Å². The lowest BCUT2D eigenvalue weighted by Gasteiger charge is -2.20. The molecule has 2 heterocycles. The zero-order valence-electron chi connectivity index (χ0n) is 13.6. The Morgan fingerprint density at radius 3 is 2.67 bits per heavy atom. The fourth-order valence-electron chi connectivity index (χ4n) is 1.68. The number of amides is 2. The zero-order valence-corrected chi connectivity index (χ0v) is 14.4. The Hall–Kier alpha value is -2.61. The predicted molar refractivity (Wildman–Crippen MR) is 89.2 cm³/mol. The van der Waals surface area contributed by atoms with E-state index in [1.165, 1.54) is 23.3 Å². The normalized spacial score (nSPS) is 10.5. The van der Waals surface area contributed by atoms with Crippen LogP contribution in [0.4, 0.5) is 5.00 Å². The van der Waals surface area contributed by atoms with Crippen molar-refractivity contribution in [3.63, 3.8) is 0 Å². The van der Waals surface area contributed by atoms with E-state index in [1.54, 1.807) is 19.2 Å². The lowest BCUT2D eigenvalue weighted by atomic mass is 10.3. The van der Waals surface area contributed by atoms with Crippen LogP contribution in [0.15, 0.2) is 34.9 Å². The smallest absolute Gasteiger partial charge is 0.348 e. The van der Waals surface area contributed by atoms with Crippen LogP contribution in [-0.2, 0) is 9.53 Å². The Morgan fingerprint density at radius 1 is 1.29 bits per heavy atom. The summed E-state index contributed by atoms with van der Waals surface area (Å²) in [6.07, 6.45) is 1.40. The lowest BCUT2D eigenvalue weighted by molar-refractivity contribution is -0.134. The van der Waals surface area contributed by atoms with Gasteiger partial charge in [-0.25, -0.2) is 4.79 Å². The molecule has 0 bridgehead atoms. The minimum absolute atomic E-state index is 0.0290. The molecule has 0 saturated carbocycles. The van der Waals surface area contributed by atoms with E-state index in [-0.39, 0.29) is 24.3 Å². The van der Waals surface area contributed by atoms with E-state index in [2.05, 4.69) is 5.32 Å². The van der Waals surface area contributed by atoms with Gasteiger partial charge in [0.1, 0.15) is 4.88 Å². The molecule has 0 fully saturated rings. The summed E-state index contributed by atoms with van der Waals surface area (Å²) in [6.45, 7) is 3.42. The Balaban J connectivity index is 1.89. The standard InChI is InChI=1S/C16H18N2O5S/c1-10(2)18(3)14(19)9-23-16(21)12-6-7-13(24-12)17-15(20)11-5-4-8-22-11/h4-8,10H,9H2,1-3H3,(H,17,20). The van der Waals surface area contributed by atoms with E-state index in [4.69, 9.17) is 9.15 Å². The Kier molecular flexibility index (Phi) is 5.75. The second kappa shape index (κ2) is 7.78. The van der Waals surface area contributed by atoms with E-state index in [9.17, 15) is 14.4 Å². The van der Waals surface area contributed by atoms with Crippen LogP contribution in [-0.4, -0.2) is 42.4 Å². The summed E-state index contributed by atoms with van der Waals surface area (Å²) in [5.41, 5.74) is 0. The number of rotatable bonds is 6. The number of esters is 1. The van der Waals surface area contributed by atoms with Crippen molar-refractivity contribution in [3.8, 4) is 0 Å². The van der Waals surface area contributed by atoms with E-state index >= 15 is 0 Å². The van der Waals surface area contributed by atoms with Crippen LogP contribution in [0.1, 0.15) is 34.1 Å². The van der Waals surface area contributed by atoms with Gasteiger partial charge in [-0.2, -0.15) is 0 Å². The number of ether oxygens (including phenoxy) is 1. The average molecular weight is 350 g/mol. The van der Waals surface area contributed by atoms with Gasteiger partial charge in [0.2, 0.25) is 0 Å². The number of likely N-dealkylation sites (N-methyl/N-ethyl adjacent to an activating group) is 1. The molecule has 0 atom stereocenters. The van der Waals surface area contributed by atoms with Crippen molar-refractivity contribution in [2.24, 2.45) is 0 Å². The average Bonchev–Trinajstić information content (AvgIpc) is 3.22. The first-order valence-electron chi connectivity index (χ1n) is 7.26. The minimum atomic E-state index is -0.607. The van der Waals surface area contributed by atoms with Crippen LogP contribution >= 0.6 is 11.3 Å². The summed E-state index contributed by atoms with van der Waals surface area (Å²) in [7, 11) is 1.65. The van der Waals surface area contributed by atoms with Gasteiger partial charge in [0, 0.05) is 13.1 Å². The van der Waals surface area contributed by atoms with Gasteiger partial charge in [0.05, 0.1) is 11.3 Å². The number of carbonyl (C=O) groups is 3. The quantitative estimate of drug-likeness (QED) is 0.809. The van der Waals surface area contributed by atoms with Crippen molar-refractivity contribution >= 4 is 34.1 Å². The van der Waals surface area contributed by atoms with E-state index in [0.29, 0.717) is 9.88 Å². The number of carbonyl (C=O) groups excluding carboxylic acids is 3. The van der Waals surface area contributed by atoms with Gasteiger partial charge in [0.25, 0.3) is 11.8 Å². The minimum Gasteiger partial charge on any atom is -0.459 e. The van der Waals surface area contributed by atoms with Crippen molar-refractivity contribution in [2.75, 3.05) is 19.0 Å². The van der Waals surface area contributed by atoms with Gasteiger partial charge in [-0.3, -0.25) is 9.59 Å². The number of anilines is 1. The monoisotopic (exact) mass is 350 g/mol. The number of thiophene rings is 1. The first-order valence-corrected chi connectivity index (χ1v) is 8.07. The van der Waals surface area contributed by atoms with Crippen molar-refractivity contribution in [3.05, 3.63) is 41.2 Å². The van der Waals surface area contributed by atoms with Gasteiger partial charge in [-0.15, -0.1) is 11.3 Å². The molecule has 1 N–H and O–H groups in total. The second-order valence-corrected chi connectivity index (χ2v) is 6.35. The molecule has 24 heavy (non-hydrogen) atoms. The SMILES string of the molecule is CC(C)N(C)C(=O)COC(=O)c1ccc(NC(=O)c2ccco2)s1. The maximum Gasteiger partial charge on any atom is 0.348 e. The third-order valence-corrected chi connectivity index (χ3v) is 4.26. The molecule has 0 aliphatic rings. The molecule has 0 aliphatic carbocycles. The molecule has 0 aromatic carbocycles. The largest absolute Gasteiger partial charge is 0.459 e. The summed E-state index contributed by atoms with van der Waals surface area (Å²) >= 11 is 1.06. The van der Waals surface area contributed by atoms with Crippen molar-refractivity contribution in [2.45, 2.75) is 19.9 Å². The fraction of sp³-hybridized carbons (Fsp3) is 0.312. The number of hydrogen-bond acceptors (Lipinski definition) is 6. The fourth-order valence-corrected chi connectivity index (χ4v) is 2.48.